The first-order valence-corrected chi connectivity index (χ1v) is 5.89. The zero-order valence-electron chi connectivity index (χ0n) is 11.9. The Bertz CT molecular complexity index is 347. The third kappa shape index (κ3) is 7.28. The first-order chi connectivity index (χ1) is 8.54. The summed E-state index contributed by atoms with van der Waals surface area (Å²) in [5, 5.41) is 8.72. The smallest absolute Gasteiger partial charge is 0.410 e. The lowest BCUT2D eigenvalue weighted by atomic mass is 10.2. The van der Waals surface area contributed by atoms with Crippen molar-refractivity contribution in [2.75, 3.05) is 13.7 Å². The van der Waals surface area contributed by atoms with Crippen LogP contribution in [-0.2, 0) is 19.1 Å². The van der Waals surface area contributed by atoms with Crippen molar-refractivity contribution in [3.05, 3.63) is 0 Å². The zero-order valence-corrected chi connectivity index (χ0v) is 11.9. The van der Waals surface area contributed by atoms with Crippen molar-refractivity contribution in [3.63, 3.8) is 0 Å². The normalized spacial score (nSPS) is 12.5. The molecule has 7 nitrogen and oxygen atoms in total. The number of aliphatic carboxylic acids is 1. The Morgan fingerprint density at radius 1 is 1.26 bits per heavy atom. The molecule has 0 saturated heterocycles. The van der Waals surface area contributed by atoms with Gasteiger partial charge >= 0.3 is 18.0 Å². The molecule has 110 valence electrons. The van der Waals surface area contributed by atoms with E-state index in [2.05, 4.69) is 0 Å². The summed E-state index contributed by atoms with van der Waals surface area (Å²) in [5.41, 5.74) is -0.588. The van der Waals surface area contributed by atoms with Gasteiger partial charge in [0.25, 0.3) is 0 Å². The summed E-state index contributed by atoms with van der Waals surface area (Å²) in [5.74, 6) is -1.61. The van der Waals surface area contributed by atoms with Crippen molar-refractivity contribution < 1.29 is 29.0 Å². The lowest BCUT2D eigenvalue weighted by Crippen LogP contribution is -2.40. The van der Waals surface area contributed by atoms with Crippen LogP contribution in [0.1, 0.15) is 34.1 Å². The predicted molar refractivity (Wildman–Crippen MR) is 66.7 cm³/mol. The highest BCUT2D eigenvalue weighted by molar-refractivity contribution is 5.79. The van der Waals surface area contributed by atoms with E-state index in [4.69, 9.17) is 14.6 Å². The molecule has 0 spiro atoms. The van der Waals surface area contributed by atoms with Gasteiger partial charge in [-0.1, -0.05) is 0 Å². The van der Waals surface area contributed by atoms with Gasteiger partial charge in [-0.25, -0.2) is 9.59 Å². The quantitative estimate of drug-likeness (QED) is 0.759. The largest absolute Gasteiger partial charge is 0.480 e. The highest BCUT2D eigenvalue weighted by Gasteiger charge is 2.23. The number of carbonyl (C=O) groups is 3. The first-order valence-electron chi connectivity index (χ1n) is 5.89. The molecule has 0 fully saturated rings. The second-order valence-corrected chi connectivity index (χ2v) is 5.08. The second kappa shape index (κ2) is 6.96. The maximum Gasteiger partial charge on any atom is 0.410 e. The molecule has 1 atom stereocenters. The van der Waals surface area contributed by atoms with Crippen molar-refractivity contribution in [2.24, 2.45) is 0 Å². The van der Waals surface area contributed by atoms with Crippen molar-refractivity contribution in [3.8, 4) is 0 Å². The van der Waals surface area contributed by atoms with Crippen LogP contribution in [0, 0.1) is 0 Å². The van der Waals surface area contributed by atoms with Gasteiger partial charge in [0.1, 0.15) is 18.2 Å². The van der Waals surface area contributed by atoms with E-state index in [1.807, 2.05) is 0 Å². The fourth-order valence-electron chi connectivity index (χ4n) is 1.04. The van der Waals surface area contributed by atoms with Gasteiger partial charge in [0.2, 0.25) is 0 Å². The minimum atomic E-state index is -1.13. The average Bonchev–Trinajstić information content (AvgIpc) is 2.24. The van der Waals surface area contributed by atoms with Crippen molar-refractivity contribution in [2.45, 2.75) is 45.8 Å². The summed E-state index contributed by atoms with van der Waals surface area (Å²) >= 11 is 0. The summed E-state index contributed by atoms with van der Waals surface area (Å²) in [7, 11) is 1.31. The minimum Gasteiger partial charge on any atom is -0.480 e. The number of carboxylic acids is 1. The van der Waals surface area contributed by atoms with Crippen LogP contribution in [0.4, 0.5) is 4.79 Å². The molecule has 0 saturated carbocycles. The number of likely N-dealkylation sites (N-methyl/N-ethyl adjacent to an activating group) is 1. The predicted octanol–water partition coefficient (Wildman–Crippen LogP) is 1.26. The maximum atomic E-state index is 11.4. The minimum absolute atomic E-state index is 0.0711. The molecular formula is C12H21NO6. The van der Waals surface area contributed by atoms with Crippen LogP contribution in [0.15, 0.2) is 0 Å². The molecule has 1 amide bonds. The molecule has 0 bridgehead atoms. The lowest BCUT2D eigenvalue weighted by Gasteiger charge is -2.21. The number of hydrogen-bond acceptors (Lipinski definition) is 5. The number of amides is 1. The van der Waals surface area contributed by atoms with E-state index in [0.717, 1.165) is 4.90 Å². The Kier molecular flexibility index (Phi) is 6.31. The molecule has 1 unspecified atom stereocenters. The van der Waals surface area contributed by atoms with Crippen LogP contribution in [0.2, 0.25) is 0 Å². The molecule has 0 radical (unpaired) electrons. The molecule has 7 heteroatoms. The van der Waals surface area contributed by atoms with Crippen LogP contribution < -0.4 is 0 Å². The van der Waals surface area contributed by atoms with E-state index >= 15 is 0 Å². The zero-order chi connectivity index (χ0) is 15.2. The number of carbonyl (C=O) groups excluding carboxylic acids is 2. The number of hydrogen-bond donors (Lipinski definition) is 1. The standard InChI is InChI=1S/C12H21NO6/c1-8(10(15)16)13(5)11(17)18-7-6-9(14)19-12(2,3)4/h8H,6-7H2,1-5H3,(H,15,16). The van der Waals surface area contributed by atoms with Crippen molar-refractivity contribution in [1.29, 1.82) is 0 Å². The van der Waals surface area contributed by atoms with Gasteiger partial charge < -0.3 is 14.6 Å². The summed E-state index contributed by atoms with van der Waals surface area (Å²) in [4.78, 5) is 34.4. The fourth-order valence-corrected chi connectivity index (χ4v) is 1.04. The Labute approximate surface area is 112 Å². The number of carboxylic acid groups (broad SMARTS) is 1. The monoisotopic (exact) mass is 275 g/mol. The van der Waals surface area contributed by atoms with E-state index in [-0.39, 0.29) is 13.0 Å². The van der Waals surface area contributed by atoms with Gasteiger partial charge in [0.05, 0.1) is 6.42 Å². The van der Waals surface area contributed by atoms with E-state index in [1.165, 1.54) is 14.0 Å². The number of ether oxygens (including phenoxy) is 2. The van der Waals surface area contributed by atoms with Gasteiger partial charge in [-0.3, -0.25) is 9.69 Å². The van der Waals surface area contributed by atoms with E-state index < -0.39 is 29.7 Å². The van der Waals surface area contributed by atoms with Crippen LogP contribution in [0.5, 0.6) is 0 Å². The Morgan fingerprint density at radius 2 is 1.79 bits per heavy atom. The van der Waals surface area contributed by atoms with Gasteiger partial charge in [0.15, 0.2) is 0 Å². The van der Waals surface area contributed by atoms with Crippen LogP contribution in [-0.4, -0.2) is 53.3 Å². The molecule has 0 aliphatic rings. The van der Waals surface area contributed by atoms with Gasteiger partial charge in [-0.15, -0.1) is 0 Å². The molecule has 0 aliphatic carbocycles. The molecular weight excluding hydrogens is 254 g/mol. The van der Waals surface area contributed by atoms with E-state index in [0.29, 0.717) is 0 Å². The SMILES string of the molecule is CC(C(=O)O)N(C)C(=O)OCCC(=O)OC(C)(C)C. The van der Waals surface area contributed by atoms with E-state index in [1.54, 1.807) is 20.8 Å². The van der Waals surface area contributed by atoms with Gasteiger partial charge in [-0.2, -0.15) is 0 Å². The molecule has 0 aromatic heterocycles. The highest BCUT2D eigenvalue weighted by Crippen LogP contribution is 2.08. The van der Waals surface area contributed by atoms with Crippen LogP contribution >= 0.6 is 0 Å². The number of esters is 1. The molecule has 0 aliphatic heterocycles. The fraction of sp³-hybridized carbons (Fsp3) is 0.750. The second-order valence-electron chi connectivity index (χ2n) is 5.08. The van der Waals surface area contributed by atoms with Crippen molar-refractivity contribution in [1.82, 2.24) is 4.90 Å². The Morgan fingerprint density at radius 3 is 2.21 bits per heavy atom. The summed E-state index contributed by atoms with van der Waals surface area (Å²) in [6.45, 7) is 6.42. The maximum absolute atomic E-state index is 11.4. The molecule has 0 aromatic rings. The topological polar surface area (TPSA) is 93.1 Å². The van der Waals surface area contributed by atoms with Crippen molar-refractivity contribution >= 4 is 18.0 Å². The number of rotatable bonds is 5. The third-order valence-electron chi connectivity index (χ3n) is 2.18. The summed E-state index contributed by atoms with van der Waals surface area (Å²) in [6.07, 6.45) is -0.864. The Hall–Kier alpha value is -1.79. The van der Waals surface area contributed by atoms with E-state index in [9.17, 15) is 14.4 Å². The van der Waals surface area contributed by atoms with Gasteiger partial charge in [-0.05, 0) is 27.7 Å². The molecule has 1 N–H and O–H groups in total. The molecule has 0 heterocycles. The average molecular weight is 275 g/mol. The summed E-state index contributed by atoms with van der Waals surface area (Å²) < 4.78 is 9.81. The van der Waals surface area contributed by atoms with Crippen LogP contribution in [0.3, 0.4) is 0 Å². The number of nitrogens with zero attached hydrogens (tertiary/aromatic N) is 1. The Balaban J connectivity index is 4.05. The molecule has 19 heavy (non-hydrogen) atoms. The van der Waals surface area contributed by atoms with Gasteiger partial charge in [0, 0.05) is 7.05 Å². The van der Waals surface area contributed by atoms with Crippen LogP contribution in [0.25, 0.3) is 0 Å². The third-order valence-corrected chi connectivity index (χ3v) is 2.18. The lowest BCUT2D eigenvalue weighted by molar-refractivity contribution is -0.155. The molecule has 0 rings (SSSR count). The highest BCUT2D eigenvalue weighted by atomic mass is 16.6. The first kappa shape index (κ1) is 17.2. The molecule has 0 aromatic carbocycles. The summed E-state index contributed by atoms with van der Waals surface area (Å²) in [6, 6.07) is -0.992.